The highest BCUT2D eigenvalue weighted by molar-refractivity contribution is 7.98. The summed E-state index contributed by atoms with van der Waals surface area (Å²) in [6.07, 6.45) is 1.82. The maximum atomic E-state index is 12.7. The highest BCUT2D eigenvalue weighted by Crippen LogP contribution is 2.29. The van der Waals surface area contributed by atoms with Gasteiger partial charge in [-0.15, -0.1) is 11.3 Å². The molecule has 0 unspecified atom stereocenters. The van der Waals surface area contributed by atoms with Crippen molar-refractivity contribution in [2.45, 2.75) is 11.7 Å². The van der Waals surface area contributed by atoms with Crippen molar-refractivity contribution in [3.8, 4) is 11.5 Å². The lowest BCUT2D eigenvalue weighted by molar-refractivity contribution is -0.116. The highest BCUT2D eigenvalue weighted by atomic mass is 32.2. The van der Waals surface area contributed by atoms with Crippen LogP contribution in [-0.4, -0.2) is 35.9 Å². The molecular formula is C17H17N3O4S2. The van der Waals surface area contributed by atoms with E-state index in [4.69, 9.17) is 9.47 Å². The third-order valence-corrected chi connectivity index (χ3v) is 5.26. The molecule has 1 amide bonds. The van der Waals surface area contributed by atoms with Gasteiger partial charge in [-0.25, -0.2) is 4.98 Å². The number of carbonyl (C=O) groups is 1. The number of methoxy groups -OCH3 is 2. The number of ether oxygens (including phenoxy) is 2. The summed E-state index contributed by atoms with van der Waals surface area (Å²) in [5.74, 6) is 0.736. The van der Waals surface area contributed by atoms with Crippen molar-refractivity contribution in [2.75, 3.05) is 25.8 Å². The number of nitrogens with zero attached hydrogens (tertiary/aromatic N) is 2. The average molecular weight is 391 g/mol. The first-order valence-corrected chi connectivity index (χ1v) is 9.71. The standard InChI is InChI=1S/C17H17N3O4S2/c1-23-10-4-5-13(24-2)12(8-10)18-14(21)9-20-16(22)15-11(6-7-26-15)19-17(20)25-3/h4-8H,9H2,1-3H3,(H,18,21). The Morgan fingerprint density at radius 2 is 2.12 bits per heavy atom. The second kappa shape index (κ2) is 7.79. The van der Waals surface area contributed by atoms with Crippen LogP contribution in [0.5, 0.6) is 11.5 Å². The van der Waals surface area contributed by atoms with E-state index in [-0.39, 0.29) is 18.0 Å². The van der Waals surface area contributed by atoms with Gasteiger partial charge in [0.2, 0.25) is 5.91 Å². The van der Waals surface area contributed by atoms with Crippen molar-refractivity contribution >= 4 is 44.9 Å². The van der Waals surface area contributed by atoms with Crippen LogP contribution in [-0.2, 0) is 11.3 Å². The van der Waals surface area contributed by atoms with Crippen LogP contribution in [0.3, 0.4) is 0 Å². The summed E-state index contributed by atoms with van der Waals surface area (Å²) in [7, 11) is 3.06. The number of thioether (sulfide) groups is 1. The Morgan fingerprint density at radius 3 is 2.81 bits per heavy atom. The summed E-state index contributed by atoms with van der Waals surface area (Å²) < 4.78 is 12.4. The molecule has 1 N–H and O–H groups in total. The lowest BCUT2D eigenvalue weighted by Gasteiger charge is -2.13. The van der Waals surface area contributed by atoms with Crippen molar-refractivity contribution in [2.24, 2.45) is 0 Å². The molecule has 1 aromatic carbocycles. The van der Waals surface area contributed by atoms with E-state index >= 15 is 0 Å². The molecule has 26 heavy (non-hydrogen) atoms. The van der Waals surface area contributed by atoms with Crippen molar-refractivity contribution in [3.63, 3.8) is 0 Å². The highest BCUT2D eigenvalue weighted by Gasteiger charge is 2.16. The van der Waals surface area contributed by atoms with Crippen LogP contribution < -0.4 is 20.3 Å². The van der Waals surface area contributed by atoms with E-state index in [1.165, 1.54) is 34.8 Å². The van der Waals surface area contributed by atoms with Crippen LogP contribution in [0.15, 0.2) is 39.6 Å². The fourth-order valence-electron chi connectivity index (χ4n) is 2.46. The molecule has 0 fully saturated rings. The van der Waals surface area contributed by atoms with Crippen molar-refractivity contribution in [3.05, 3.63) is 40.0 Å². The number of nitrogens with one attached hydrogen (secondary N) is 1. The Bertz CT molecular complexity index is 1010. The van der Waals surface area contributed by atoms with Gasteiger partial charge in [-0.05, 0) is 29.8 Å². The van der Waals surface area contributed by atoms with E-state index in [0.29, 0.717) is 32.6 Å². The van der Waals surface area contributed by atoms with Gasteiger partial charge in [0, 0.05) is 6.07 Å². The number of rotatable bonds is 6. The lowest BCUT2D eigenvalue weighted by Crippen LogP contribution is -2.29. The minimum Gasteiger partial charge on any atom is -0.497 e. The van der Waals surface area contributed by atoms with E-state index in [1.54, 1.807) is 31.4 Å². The Balaban J connectivity index is 1.90. The maximum Gasteiger partial charge on any atom is 0.272 e. The molecule has 7 nitrogen and oxygen atoms in total. The summed E-state index contributed by atoms with van der Waals surface area (Å²) in [5.41, 5.74) is 0.901. The molecule has 0 saturated carbocycles. The van der Waals surface area contributed by atoms with Gasteiger partial charge < -0.3 is 14.8 Å². The van der Waals surface area contributed by atoms with Crippen LogP contribution >= 0.6 is 23.1 Å². The van der Waals surface area contributed by atoms with Crippen LogP contribution in [0.2, 0.25) is 0 Å². The number of amides is 1. The Kier molecular flexibility index (Phi) is 5.48. The van der Waals surface area contributed by atoms with Gasteiger partial charge in [0.15, 0.2) is 5.16 Å². The smallest absolute Gasteiger partial charge is 0.272 e. The molecule has 0 spiro atoms. The van der Waals surface area contributed by atoms with E-state index in [2.05, 4.69) is 10.3 Å². The molecule has 0 bridgehead atoms. The summed E-state index contributed by atoms with van der Waals surface area (Å²) >= 11 is 2.64. The van der Waals surface area contributed by atoms with E-state index in [9.17, 15) is 9.59 Å². The lowest BCUT2D eigenvalue weighted by atomic mass is 10.2. The van der Waals surface area contributed by atoms with Gasteiger partial charge in [0.1, 0.15) is 22.7 Å². The normalized spacial score (nSPS) is 10.7. The number of carbonyl (C=O) groups excluding carboxylic acids is 1. The van der Waals surface area contributed by atoms with Gasteiger partial charge in [-0.2, -0.15) is 0 Å². The third-order valence-electron chi connectivity index (χ3n) is 3.70. The Hall–Kier alpha value is -2.52. The molecule has 9 heteroatoms. The predicted octanol–water partition coefficient (Wildman–Crippen LogP) is 2.84. The van der Waals surface area contributed by atoms with Gasteiger partial charge in [0.25, 0.3) is 5.56 Å². The van der Waals surface area contributed by atoms with Gasteiger partial charge in [-0.1, -0.05) is 11.8 Å². The molecule has 0 aliphatic carbocycles. The molecule has 0 saturated heterocycles. The number of fused-ring (bicyclic) bond motifs is 1. The Morgan fingerprint density at radius 1 is 1.31 bits per heavy atom. The fraction of sp³-hybridized carbons (Fsp3) is 0.235. The zero-order valence-electron chi connectivity index (χ0n) is 14.4. The minimum absolute atomic E-state index is 0.143. The fourth-order valence-corrected chi connectivity index (χ4v) is 3.80. The molecule has 136 valence electrons. The average Bonchev–Trinajstić information content (AvgIpc) is 3.12. The van der Waals surface area contributed by atoms with Crippen molar-refractivity contribution in [1.82, 2.24) is 9.55 Å². The van der Waals surface area contributed by atoms with Crippen LogP contribution in [0.4, 0.5) is 5.69 Å². The molecular weight excluding hydrogens is 374 g/mol. The number of hydrogen-bond donors (Lipinski definition) is 1. The molecule has 0 aliphatic rings. The van der Waals surface area contributed by atoms with Crippen LogP contribution in [0.1, 0.15) is 0 Å². The maximum absolute atomic E-state index is 12.7. The number of aromatic nitrogens is 2. The monoisotopic (exact) mass is 391 g/mol. The molecule has 0 atom stereocenters. The number of anilines is 1. The number of thiophene rings is 1. The molecule has 3 aromatic rings. The SMILES string of the molecule is COc1ccc(OC)c(NC(=O)Cn2c(SC)nc3ccsc3c2=O)c1. The van der Waals surface area contributed by atoms with Crippen molar-refractivity contribution in [1.29, 1.82) is 0 Å². The molecule has 0 aliphatic heterocycles. The Labute approximate surface area is 158 Å². The van der Waals surface area contributed by atoms with E-state index in [1.807, 2.05) is 11.6 Å². The van der Waals surface area contributed by atoms with Crippen molar-refractivity contribution < 1.29 is 14.3 Å². The molecule has 3 rings (SSSR count). The van der Waals surface area contributed by atoms with Gasteiger partial charge in [-0.3, -0.25) is 14.2 Å². The first kappa shape index (κ1) is 18.3. The summed E-state index contributed by atoms with van der Waals surface area (Å²) in [4.78, 5) is 29.7. The van der Waals surface area contributed by atoms with E-state index < -0.39 is 0 Å². The summed E-state index contributed by atoms with van der Waals surface area (Å²) in [6, 6.07) is 6.90. The van der Waals surface area contributed by atoms with Crippen LogP contribution in [0.25, 0.3) is 10.2 Å². The first-order chi connectivity index (χ1) is 12.6. The predicted molar refractivity (Wildman–Crippen MR) is 104 cm³/mol. The second-order valence-electron chi connectivity index (χ2n) is 5.24. The van der Waals surface area contributed by atoms with Crippen LogP contribution in [0, 0.1) is 0 Å². The topological polar surface area (TPSA) is 82.4 Å². The van der Waals surface area contributed by atoms with E-state index in [0.717, 1.165) is 0 Å². The minimum atomic E-state index is -0.355. The van der Waals surface area contributed by atoms with Gasteiger partial charge >= 0.3 is 0 Å². The zero-order valence-corrected chi connectivity index (χ0v) is 16.1. The van der Waals surface area contributed by atoms with Gasteiger partial charge in [0.05, 0.1) is 25.4 Å². The molecule has 0 radical (unpaired) electrons. The quantitative estimate of drug-likeness (QED) is 0.514. The second-order valence-corrected chi connectivity index (χ2v) is 6.93. The largest absolute Gasteiger partial charge is 0.497 e. The zero-order chi connectivity index (χ0) is 18.7. The first-order valence-electron chi connectivity index (χ1n) is 7.61. The molecule has 2 aromatic heterocycles. The third kappa shape index (κ3) is 3.54. The summed E-state index contributed by atoms with van der Waals surface area (Å²) in [5, 5.41) is 5.08. The number of hydrogen-bond acceptors (Lipinski definition) is 7. The number of benzene rings is 1. The summed E-state index contributed by atoms with van der Waals surface area (Å²) in [6.45, 7) is -0.143. The molecule has 2 heterocycles.